The third-order valence-electron chi connectivity index (χ3n) is 2.34. The van der Waals surface area contributed by atoms with Crippen molar-refractivity contribution < 1.29 is 54.5 Å². The molecular weight excluding hydrogens is 302 g/mol. The zero-order valence-electron chi connectivity index (χ0n) is 9.10. The van der Waals surface area contributed by atoms with E-state index in [0.29, 0.717) is 0 Å². The second kappa shape index (κ2) is 8.52. The topological polar surface area (TPSA) is 32.6 Å². The second-order valence-corrected chi connectivity index (χ2v) is 3.34. The molecule has 0 aliphatic rings. The fourth-order valence-corrected chi connectivity index (χ4v) is 1.52. The molecule has 0 aromatic heterocycles. The van der Waals surface area contributed by atoms with Gasteiger partial charge in [0.05, 0.1) is 0 Å². The predicted octanol–water partition coefficient (Wildman–Crippen LogP) is 2.41. The van der Waals surface area contributed by atoms with E-state index in [9.17, 15) is 5.11 Å². The van der Waals surface area contributed by atoms with Crippen molar-refractivity contribution in [3.63, 3.8) is 0 Å². The summed E-state index contributed by atoms with van der Waals surface area (Å²) in [6.45, 7) is 6.08. The van der Waals surface area contributed by atoms with Crippen LogP contribution >= 0.6 is 0 Å². The van der Waals surface area contributed by atoms with E-state index in [-0.39, 0.29) is 49.4 Å². The first-order valence-electron chi connectivity index (χ1n) is 4.77. The van der Waals surface area contributed by atoms with E-state index >= 15 is 0 Å². The van der Waals surface area contributed by atoms with Gasteiger partial charge in [-0.1, -0.05) is 26.7 Å². The van der Waals surface area contributed by atoms with Crippen LogP contribution in [0, 0.1) is 49.4 Å². The number of rotatable bonds is 5. The van der Waals surface area contributed by atoms with E-state index in [1.165, 1.54) is 0 Å². The Labute approximate surface area is 123 Å². The molecule has 0 aliphatic heterocycles. The molecule has 0 unspecified atom stereocenters. The van der Waals surface area contributed by atoms with Crippen molar-refractivity contribution in [2.24, 2.45) is 4.99 Å². The SMILES string of the molecule is CCCC(O)(CCC)C(C)=NC.[Eu]. The number of hydrogen-bond acceptors (Lipinski definition) is 2. The molecule has 2 nitrogen and oxygen atoms in total. The Hall–Kier alpha value is 1.21. The van der Waals surface area contributed by atoms with Crippen LogP contribution < -0.4 is 0 Å². The molecule has 0 saturated carbocycles. The van der Waals surface area contributed by atoms with Crippen LogP contribution in [0.3, 0.4) is 0 Å². The van der Waals surface area contributed by atoms with Gasteiger partial charge in [-0.05, 0) is 19.8 Å². The molecule has 0 saturated heterocycles. The van der Waals surface area contributed by atoms with Crippen molar-refractivity contribution >= 4 is 5.71 Å². The maximum Gasteiger partial charge on any atom is 0.102 e. The summed E-state index contributed by atoms with van der Waals surface area (Å²) < 4.78 is 0. The molecule has 3 heteroatoms. The predicted molar refractivity (Wildman–Crippen MR) is 53.8 cm³/mol. The van der Waals surface area contributed by atoms with Gasteiger partial charge in [0.2, 0.25) is 0 Å². The quantitative estimate of drug-likeness (QED) is 0.775. The molecule has 0 spiro atoms. The molecule has 0 fully saturated rings. The van der Waals surface area contributed by atoms with E-state index in [4.69, 9.17) is 0 Å². The van der Waals surface area contributed by atoms with Crippen molar-refractivity contribution in [2.75, 3.05) is 7.05 Å². The van der Waals surface area contributed by atoms with Gasteiger partial charge in [0.25, 0.3) is 0 Å². The van der Waals surface area contributed by atoms with E-state index in [2.05, 4.69) is 18.8 Å². The van der Waals surface area contributed by atoms with Crippen LogP contribution in [0.5, 0.6) is 0 Å². The van der Waals surface area contributed by atoms with Gasteiger partial charge in [0.1, 0.15) is 5.60 Å². The Morgan fingerprint density at radius 1 is 1.23 bits per heavy atom. The first-order chi connectivity index (χ1) is 5.60. The first-order valence-corrected chi connectivity index (χ1v) is 4.77. The summed E-state index contributed by atoms with van der Waals surface area (Å²) in [5.41, 5.74) is 0.226. The molecule has 13 heavy (non-hydrogen) atoms. The summed E-state index contributed by atoms with van der Waals surface area (Å²) in [7, 11) is 1.74. The summed E-state index contributed by atoms with van der Waals surface area (Å²) in [6, 6.07) is 0. The largest absolute Gasteiger partial charge is 0.384 e. The molecule has 0 atom stereocenters. The van der Waals surface area contributed by atoms with Gasteiger partial charge in [-0.3, -0.25) is 4.99 Å². The Morgan fingerprint density at radius 2 is 1.62 bits per heavy atom. The Morgan fingerprint density at radius 3 is 1.85 bits per heavy atom. The number of hydrogen-bond donors (Lipinski definition) is 1. The van der Waals surface area contributed by atoms with Gasteiger partial charge in [-0.25, -0.2) is 0 Å². The molecule has 79 valence electrons. The van der Waals surface area contributed by atoms with Crippen LogP contribution in [0.1, 0.15) is 46.5 Å². The van der Waals surface area contributed by atoms with Gasteiger partial charge in [0, 0.05) is 62.1 Å². The number of aliphatic imine (C=N–C) groups is 1. The molecule has 0 aliphatic carbocycles. The van der Waals surface area contributed by atoms with Crippen LogP contribution in [-0.2, 0) is 0 Å². The van der Waals surface area contributed by atoms with Crippen molar-refractivity contribution in [3.8, 4) is 0 Å². The fraction of sp³-hybridized carbons (Fsp3) is 0.900. The van der Waals surface area contributed by atoms with Crippen LogP contribution in [0.4, 0.5) is 0 Å². The summed E-state index contributed by atoms with van der Waals surface area (Å²) in [5.74, 6) is 0. The van der Waals surface area contributed by atoms with Crippen LogP contribution in [-0.4, -0.2) is 23.5 Å². The standard InChI is InChI=1S/C10H21NO.Eu/c1-5-7-10(12,8-6-2)9(3)11-4;/h12H,5-8H2,1-4H3;. The molecule has 1 N–H and O–H groups in total. The van der Waals surface area contributed by atoms with Crippen molar-refractivity contribution in [1.82, 2.24) is 0 Å². The summed E-state index contributed by atoms with van der Waals surface area (Å²) in [6.07, 6.45) is 3.65. The van der Waals surface area contributed by atoms with E-state index in [1.54, 1.807) is 7.05 Å². The van der Waals surface area contributed by atoms with Crippen molar-refractivity contribution in [2.45, 2.75) is 52.1 Å². The summed E-state index contributed by atoms with van der Waals surface area (Å²) >= 11 is 0. The van der Waals surface area contributed by atoms with Gasteiger partial charge < -0.3 is 5.11 Å². The van der Waals surface area contributed by atoms with Gasteiger partial charge in [-0.15, -0.1) is 0 Å². The fourth-order valence-electron chi connectivity index (χ4n) is 1.52. The molecule has 0 aromatic rings. The third-order valence-corrected chi connectivity index (χ3v) is 2.34. The van der Waals surface area contributed by atoms with E-state index in [1.807, 2.05) is 6.92 Å². The molecule has 0 bridgehead atoms. The third kappa shape index (κ3) is 5.61. The normalized spacial score (nSPS) is 12.5. The average Bonchev–Trinajstić information content (AvgIpc) is 2.04. The zero-order chi connectivity index (χ0) is 9.61. The van der Waals surface area contributed by atoms with Crippen LogP contribution in [0.25, 0.3) is 0 Å². The Kier molecular flexibility index (Phi) is 10.9. The van der Waals surface area contributed by atoms with Crippen LogP contribution in [0.2, 0.25) is 0 Å². The summed E-state index contributed by atoms with van der Waals surface area (Å²) in [5, 5.41) is 10.1. The summed E-state index contributed by atoms with van der Waals surface area (Å²) in [4.78, 5) is 4.06. The average molecular weight is 323 g/mol. The smallest absolute Gasteiger partial charge is 0.102 e. The first kappa shape index (κ1) is 16.6. The van der Waals surface area contributed by atoms with E-state index in [0.717, 1.165) is 31.4 Å². The maximum absolute atomic E-state index is 10.1. The minimum atomic E-state index is -0.641. The minimum absolute atomic E-state index is 0. The molecular formula is C10H21EuNO. The molecule has 0 aromatic carbocycles. The van der Waals surface area contributed by atoms with Gasteiger partial charge in [0.15, 0.2) is 0 Å². The molecule has 0 rings (SSSR count). The Bertz CT molecular complexity index is 151. The number of nitrogens with zero attached hydrogens (tertiary/aromatic N) is 1. The zero-order valence-corrected chi connectivity index (χ0v) is 11.5. The van der Waals surface area contributed by atoms with Gasteiger partial charge in [-0.2, -0.15) is 0 Å². The molecule has 0 amide bonds. The van der Waals surface area contributed by atoms with E-state index < -0.39 is 5.60 Å². The van der Waals surface area contributed by atoms with Gasteiger partial charge >= 0.3 is 0 Å². The maximum atomic E-state index is 10.1. The Balaban J connectivity index is 0. The van der Waals surface area contributed by atoms with Crippen LogP contribution in [0.15, 0.2) is 4.99 Å². The minimum Gasteiger partial charge on any atom is -0.384 e. The van der Waals surface area contributed by atoms with Crippen molar-refractivity contribution in [3.05, 3.63) is 0 Å². The molecule has 1 radical (unpaired) electrons. The molecule has 0 heterocycles. The van der Waals surface area contributed by atoms with Crippen molar-refractivity contribution in [1.29, 1.82) is 0 Å². The second-order valence-electron chi connectivity index (χ2n) is 3.34. The number of aliphatic hydroxyl groups is 1. The monoisotopic (exact) mass is 324 g/mol.